The van der Waals surface area contributed by atoms with E-state index in [9.17, 15) is 9.90 Å². The standard InChI is InChI=1S/C15H21ClO4/c1-3-4-10-20-14(18)9-8-12(17)15-11(16)6-5-7-13(15)19-2/h5-7,12,17H,3-4,8-10H2,1-2H3. The normalized spacial score (nSPS) is 12.0. The fourth-order valence-electron chi connectivity index (χ4n) is 1.82. The summed E-state index contributed by atoms with van der Waals surface area (Å²) in [6.07, 6.45) is 1.39. The van der Waals surface area contributed by atoms with E-state index in [1.54, 1.807) is 18.2 Å². The van der Waals surface area contributed by atoms with Crippen molar-refractivity contribution in [3.63, 3.8) is 0 Å². The van der Waals surface area contributed by atoms with Crippen LogP contribution in [0.1, 0.15) is 44.3 Å². The summed E-state index contributed by atoms with van der Waals surface area (Å²) in [5, 5.41) is 10.6. The van der Waals surface area contributed by atoms with Gasteiger partial charge in [-0.25, -0.2) is 0 Å². The highest BCUT2D eigenvalue weighted by atomic mass is 35.5. The van der Waals surface area contributed by atoms with Crippen LogP contribution in [0.25, 0.3) is 0 Å². The minimum Gasteiger partial charge on any atom is -0.496 e. The molecule has 112 valence electrons. The second kappa shape index (κ2) is 8.82. The van der Waals surface area contributed by atoms with Gasteiger partial charge >= 0.3 is 5.97 Å². The average molecular weight is 301 g/mol. The van der Waals surface area contributed by atoms with Crippen molar-refractivity contribution >= 4 is 17.6 Å². The van der Waals surface area contributed by atoms with Crippen molar-refractivity contribution < 1.29 is 19.4 Å². The third-order valence-corrected chi connectivity index (χ3v) is 3.28. The lowest BCUT2D eigenvalue weighted by atomic mass is 10.0. The SMILES string of the molecule is CCCCOC(=O)CCC(O)c1c(Cl)cccc1OC. The molecule has 1 rings (SSSR count). The molecule has 1 atom stereocenters. The first kappa shape index (κ1) is 16.8. The van der Waals surface area contributed by atoms with Crippen LogP contribution in [0.4, 0.5) is 0 Å². The van der Waals surface area contributed by atoms with Gasteiger partial charge in [-0.15, -0.1) is 0 Å². The maximum absolute atomic E-state index is 11.5. The number of aliphatic hydroxyl groups is 1. The fourth-order valence-corrected chi connectivity index (χ4v) is 2.11. The Kier molecular flexibility index (Phi) is 7.41. The number of rotatable bonds is 8. The lowest BCUT2D eigenvalue weighted by Gasteiger charge is -2.16. The van der Waals surface area contributed by atoms with Crippen molar-refractivity contribution in [3.8, 4) is 5.75 Å². The Morgan fingerprint density at radius 1 is 1.45 bits per heavy atom. The lowest BCUT2D eigenvalue weighted by Crippen LogP contribution is -2.09. The predicted octanol–water partition coefficient (Wildman–Crippen LogP) is 3.51. The van der Waals surface area contributed by atoms with E-state index in [0.29, 0.717) is 22.9 Å². The van der Waals surface area contributed by atoms with Crippen molar-refractivity contribution in [1.29, 1.82) is 0 Å². The fraction of sp³-hybridized carbons (Fsp3) is 0.533. The Balaban J connectivity index is 2.55. The van der Waals surface area contributed by atoms with E-state index in [1.807, 2.05) is 6.92 Å². The van der Waals surface area contributed by atoms with Crippen molar-refractivity contribution in [2.24, 2.45) is 0 Å². The summed E-state index contributed by atoms with van der Waals surface area (Å²) in [6, 6.07) is 5.16. The van der Waals surface area contributed by atoms with Crippen molar-refractivity contribution in [1.82, 2.24) is 0 Å². The molecule has 0 fully saturated rings. The summed E-state index contributed by atoms with van der Waals surface area (Å²) >= 11 is 6.06. The molecule has 0 aromatic heterocycles. The van der Waals surface area contributed by atoms with Gasteiger partial charge in [0, 0.05) is 12.0 Å². The summed E-state index contributed by atoms with van der Waals surface area (Å²) in [6.45, 7) is 2.46. The van der Waals surface area contributed by atoms with Crippen molar-refractivity contribution in [3.05, 3.63) is 28.8 Å². The lowest BCUT2D eigenvalue weighted by molar-refractivity contribution is -0.144. The van der Waals surface area contributed by atoms with E-state index < -0.39 is 6.10 Å². The highest BCUT2D eigenvalue weighted by molar-refractivity contribution is 6.31. The van der Waals surface area contributed by atoms with Crippen LogP contribution in [-0.4, -0.2) is 24.8 Å². The molecule has 1 aromatic carbocycles. The summed E-state index contributed by atoms with van der Waals surface area (Å²) in [5.74, 6) is 0.216. The van der Waals surface area contributed by atoms with Gasteiger partial charge in [-0.1, -0.05) is 31.0 Å². The molecule has 0 aliphatic heterocycles. The molecule has 0 aliphatic rings. The highest BCUT2D eigenvalue weighted by Crippen LogP contribution is 2.34. The molecule has 4 nitrogen and oxygen atoms in total. The van der Waals surface area contributed by atoms with Crippen LogP contribution in [0.3, 0.4) is 0 Å². The average Bonchev–Trinajstić information content (AvgIpc) is 2.44. The number of hydrogen-bond donors (Lipinski definition) is 1. The molecule has 0 bridgehead atoms. The quantitative estimate of drug-likeness (QED) is 0.589. The van der Waals surface area contributed by atoms with Gasteiger partial charge in [0.2, 0.25) is 0 Å². The maximum Gasteiger partial charge on any atom is 0.305 e. The number of esters is 1. The molecule has 0 heterocycles. The van der Waals surface area contributed by atoms with Gasteiger partial charge in [-0.2, -0.15) is 0 Å². The summed E-state index contributed by atoms with van der Waals surface area (Å²) in [5.41, 5.74) is 0.512. The Bertz CT molecular complexity index is 434. The van der Waals surface area contributed by atoms with E-state index in [1.165, 1.54) is 7.11 Å². The topological polar surface area (TPSA) is 55.8 Å². The number of hydrogen-bond acceptors (Lipinski definition) is 4. The Hall–Kier alpha value is -1.26. The smallest absolute Gasteiger partial charge is 0.305 e. The molecular formula is C15H21ClO4. The van der Waals surface area contributed by atoms with E-state index in [0.717, 1.165) is 12.8 Å². The molecule has 1 unspecified atom stereocenters. The summed E-state index contributed by atoms with van der Waals surface area (Å²) < 4.78 is 10.2. The molecular weight excluding hydrogens is 280 g/mol. The minimum atomic E-state index is -0.850. The number of unbranched alkanes of at least 4 members (excludes halogenated alkanes) is 1. The first-order valence-electron chi connectivity index (χ1n) is 6.76. The first-order valence-corrected chi connectivity index (χ1v) is 7.14. The summed E-state index contributed by atoms with van der Waals surface area (Å²) in [7, 11) is 1.51. The molecule has 0 radical (unpaired) electrons. The number of ether oxygens (including phenoxy) is 2. The number of methoxy groups -OCH3 is 1. The molecule has 0 saturated carbocycles. The van der Waals surface area contributed by atoms with Gasteiger partial charge in [0.05, 0.1) is 24.8 Å². The predicted molar refractivity (Wildman–Crippen MR) is 78.1 cm³/mol. The third kappa shape index (κ3) is 5.02. The third-order valence-electron chi connectivity index (χ3n) is 2.95. The van der Waals surface area contributed by atoms with Crippen LogP contribution in [0.15, 0.2) is 18.2 Å². The molecule has 1 aromatic rings. The molecule has 0 saturated heterocycles. The monoisotopic (exact) mass is 300 g/mol. The van der Waals surface area contributed by atoms with Crippen LogP contribution >= 0.6 is 11.6 Å². The van der Waals surface area contributed by atoms with Crippen molar-refractivity contribution in [2.75, 3.05) is 13.7 Å². The summed E-state index contributed by atoms with van der Waals surface area (Å²) in [4.78, 5) is 11.5. The molecule has 1 N–H and O–H groups in total. The second-order valence-electron chi connectivity index (χ2n) is 4.48. The van der Waals surface area contributed by atoms with Crippen LogP contribution in [0, 0.1) is 0 Å². The molecule has 0 amide bonds. The number of carbonyl (C=O) groups excluding carboxylic acids is 1. The number of carbonyl (C=O) groups is 1. The van der Waals surface area contributed by atoms with Crippen LogP contribution in [0.5, 0.6) is 5.75 Å². The molecule has 20 heavy (non-hydrogen) atoms. The van der Waals surface area contributed by atoms with Gasteiger partial charge < -0.3 is 14.6 Å². The van der Waals surface area contributed by atoms with Crippen molar-refractivity contribution in [2.45, 2.75) is 38.7 Å². The maximum atomic E-state index is 11.5. The van der Waals surface area contributed by atoms with Crippen LogP contribution in [0.2, 0.25) is 5.02 Å². The van der Waals surface area contributed by atoms with Gasteiger partial charge in [0.25, 0.3) is 0 Å². The van der Waals surface area contributed by atoms with Crippen LogP contribution in [-0.2, 0) is 9.53 Å². The van der Waals surface area contributed by atoms with E-state index in [2.05, 4.69) is 0 Å². The van der Waals surface area contributed by atoms with Gasteiger partial charge in [0.15, 0.2) is 0 Å². The minimum absolute atomic E-state index is 0.152. The van der Waals surface area contributed by atoms with E-state index in [4.69, 9.17) is 21.1 Å². The molecule has 0 spiro atoms. The Morgan fingerprint density at radius 3 is 2.85 bits per heavy atom. The van der Waals surface area contributed by atoms with E-state index in [-0.39, 0.29) is 18.8 Å². The zero-order valence-corrected chi connectivity index (χ0v) is 12.7. The number of benzene rings is 1. The Morgan fingerprint density at radius 2 is 2.20 bits per heavy atom. The van der Waals surface area contributed by atoms with Gasteiger partial charge in [-0.3, -0.25) is 4.79 Å². The Labute approximate surface area is 124 Å². The molecule has 5 heteroatoms. The second-order valence-corrected chi connectivity index (χ2v) is 4.89. The largest absolute Gasteiger partial charge is 0.496 e. The number of aliphatic hydroxyl groups excluding tert-OH is 1. The highest BCUT2D eigenvalue weighted by Gasteiger charge is 2.18. The molecule has 0 aliphatic carbocycles. The van der Waals surface area contributed by atoms with Crippen LogP contribution < -0.4 is 4.74 Å². The first-order chi connectivity index (χ1) is 9.60. The zero-order valence-electron chi connectivity index (χ0n) is 11.9. The van der Waals surface area contributed by atoms with Gasteiger partial charge in [0.1, 0.15) is 5.75 Å². The van der Waals surface area contributed by atoms with E-state index >= 15 is 0 Å². The zero-order chi connectivity index (χ0) is 15.0. The van der Waals surface area contributed by atoms with Gasteiger partial charge in [-0.05, 0) is 25.0 Å². The number of halogens is 1.